The number of carbonyl (C=O) groups is 2. The number of halogens is 1. The maximum atomic E-state index is 12.8. The summed E-state index contributed by atoms with van der Waals surface area (Å²) < 4.78 is 34.2. The number of anilines is 1. The Morgan fingerprint density at radius 2 is 2.00 bits per heavy atom. The van der Waals surface area contributed by atoms with Crippen LogP contribution in [0.15, 0.2) is 12.1 Å². The van der Waals surface area contributed by atoms with E-state index in [1.807, 2.05) is 0 Å². The second-order valence-electron chi connectivity index (χ2n) is 5.47. The van der Waals surface area contributed by atoms with Crippen LogP contribution in [0.1, 0.15) is 27.9 Å². The van der Waals surface area contributed by atoms with Gasteiger partial charge in [-0.05, 0) is 37.1 Å². The Bertz CT molecular complexity index is 744. The summed E-state index contributed by atoms with van der Waals surface area (Å²) in [4.78, 5) is 24.5. The summed E-state index contributed by atoms with van der Waals surface area (Å²) in [7, 11) is -4.63. The van der Waals surface area contributed by atoms with Crippen molar-refractivity contribution in [1.29, 1.82) is 0 Å². The molecule has 1 amide bonds. The van der Waals surface area contributed by atoms with Crippen molar-refractivity contribution in [3.8, 4) is 0 Å². The molecule has 6 nitrogen and oxygen atoms in total. The summed E-state index contributed by atoms with van der Waals surface area (Å²) in [6.45, 7) is 3.45. The summed E-state index contributed by atoms with van der Waals surface area (Å²) in [5.74, 6) is -2.62. The van der Waals surface area contributed by atoms with Gasteiger partial charge in [0.05, 0.1) is 11.3 Å². The first-order valence-corrected chi connectivity index (χ1v) is 8.21. The molecule has 0 aromatic heterocycles. The quantitative estimate of drug-likeness (QED) is 0.848. The Kier molecular flexibility index (Phi) is 4.23. The number of hydrogen-bond donors (Lipinski definition) is 1. The van der Waals surface area contributed by atoms with Crippen LogP contribution in [0.5, 0.6) is 0 Å². The third-order valence-corrected chi connectivity index (χ3v) is 4.79. The maximum absolute atomic E-state index is 12.8. The lowest BCUT2D eigenvalue weighted by Crippen LogP contribution is -2.26. The summed E-state index contributed by atoms with van der Waals surface area (Å²) in [6, 6.07) is 2.93. The van der Waals surface area contributed by atoms with E-state index < -0.39 is 27.9 Å². The third kappa shape index (κ3) is 3.27. The van der Waals surface area contributed by atoms with Crippen molar-refractivity contribution in [3.63, 3.8) is 0 Å². The Morgan fingerprint density at radius 1 is 1.36 bits per heavy atom. The number of carbonyl (C=O) groups excluding carboxylic acids is 1. The van der Waals surface area contributed by atoms with E-state index >= 15 is 0 Å². The molecule has 0 radical (unpaired) electrons. The summed E-state index contributed by atoms with van der Waals surface area (Å²) in [6.07, 6.45) is -0.0394. The van der Waals surface area contributed by atoms with E-state index in [2.05, 4.69) is 0 Å². The van der Waals surface area contributed by atoms with Crippen molar-refractivity contribution >= 4 is 27.8 Å². The summed E-state index contributed by atoms with van der Waals surface area (Å²) in [5, 5.41) is 9.08. The minimum Gasteiger partial charge on any atom is -0.478 e. The number of aromatic carboxylic acids is 1. The molecule has 1 aliphatic rings. The van der Waals surface area contributed by atoms with Gasteiger partial charge in [-0.2, -0.15) is 8.42 Å². The molecule has 1 atom stereocenters. The zero-order valence-electron chi connectivity index (χ0n) is 12.2. The predicted molar refractivity (Wildman–Crippen MR) is 78.2 cm³/mol. The number of carboxylic acid groups (broad SMARTS) is 1. The van der Waals surface area contributed by atoms with Crippen LogP contribution in [0, 0.1) is 19.8 Å². The second kappa shape index (κ2) is 5.68. The first kappa shape index (κ1) is 16.4. The molecule has 1 heterocycles. The van der Waals surface area contributed by atoms with Gasteiger partial charge in [-0.1, -0.05) is 0 Å². The van der Waals surface area contributed by atoms with Gasteiger partial charge in [0.2, 0.25) is 5.91 Å². The highest BCUT2D eigenvalue weighted by molar-refractivity contribution is 7.86. The highest BCUT2D eigenvalue weighted by Crippen LogP contribution is 2.31. The lowest BCUT2D eigenvalue weighted by atomic mass is 10.0. The summed E-state index contributed by atoms with van der Waals surface area (Å²) >= 11 is 0. The van der Waals surface area contributed by atoms with Gasteiger partial charge in [-0.15, -0.1) is 3.89 Å². The first-order chi connectivity index (χ1) is 10.1. The zero-order valence-corrected chi connectivity index (χ0v) is 13.0. The van der Waals surface area contributed by atoms with Crippen LogP contribution in [0.4, 0.5) is 9.57 Å². The molecular formula is C14H16FNO5S. The lowest BCUT2D eigenvalue weighted by Gasteiger charge is -2.21. The van der Waals surface area contributed by atoms with E-state index in [-0.39, 0.29) is 24.4 Å². The molecule has 0 saturated carbocycles. The molecule has 1 unspecified atom stereocenters. The second-order valence-corrected chi connectivity index (χ2v) is 6.88. The SMILES string of the molecule is Cc1c(C(=O)O)ccc(N2CC(CS(=O)(=O)F)CC2=O)c1C. The minimum absolute atomic E-state index is 0.0394. The number of amides is 1. The Morgan fingerprint density at radius 3 is 2.55 bits per heavy atom. The monoisotopic (exact) mass is 329 g/mol. The average Bonchev–Trinajstić information content (AvgIpc) is 2.70. The number of nitrogens with zero attached hydrogens (tertiary/aromatic N) is 1. The van der Waals surface area contributed by atoms with E-state index in [1.165, 1.54) is 17.0 Å². The normalized spacial score (nSPS) is 18.8. The van der Waals surface area contributed by atoms with Crippen LogP contribution in [0.25, 0.3) is 0 Å². The van der Waals surface area contributed by atoms with Crippen molar-refractivity contribution in [2.45, 2.75) is 20.3 Å². The van der Waals surface area contributed by atoms with Gasteiger partial charge in [0, 0.05) is 24.6 Å². The van der Waals surface area contributed by atoms with Crippen LogP contribution in [0.2, 0.25) is 0 Å². The third-order valence-electron chi connectivity index (χ3n) is 3.92. The highest BCUT2D eigenvalue weighted by atomic mass is 32.3. The van der Waals surface area contributed by atoms with Crippen LogP contribution in [0.3, 0.4) is 0 Å². The molecule has 1 saturated heterocycles. The Labute approximate surface area is 127 Å². The summed E-state index contributed by atoms with van der Waals surface area (Å²) in [5.41, 5.74) is 1.86. The van der Waals surface area contributed by atoms with Crippen molar-refractivity contribution < 1.29 is 27.0 Å². The van der Waals surface area contributed by atoms with Gasteiger partial charge in [0.15, 0.2) is 0 Å². The molecule has 0 aliphatic carbocycles. The maximum Gasteiger partial charge on any atom is 0.335 e. The van der Waals surface area contributed by atoms with Gasteiger partial charge in [0.1, 0.15) is 0 Å². The van der Waals surface area contributed by atoms with E-state index in [0.717, 1.165) is 0 Å². The molecule has 1 aromatic rings. The number of hydrogen-bond acceptors (Lipinski definition) is 4. The molecule has 1 aromatic carbocycles. The minimum atomic E-state index is -4.63. The zero-order chi connectivity index (χ0) is 16.7. The molecule has 8 heteroatoms. The Balaban J connectivity index is 2.31. The molecule has 120 valence electrons. The highest BCUT2D eigenvalue weighted by Gasteiger charge is 2.34. The van der Waals surface area contributed by atoms with Crippen LogP contribution in [-0.2, 0) is 15.0 Å². The molecule has 1 aliphatic heterocycles. The van der Waals surface area contributed by atoms with Crippen LogP contribution in [-0.4, -0.2) is 37.7 Å². The van der Waals surface area contributed by atoms with Crippen LogP contribution < -0.4 is 4.90 Å². The number of carboxylic acids is 1. The lowest BCUT2D eigenvalue weighted by molar-refractivity contribution is -0.117. The molecule has 1 N–H and O–H groups in total. The smallest absolute Gasteiger partial charge is 0.335 e. The average molecular weight is 329 g/mol. The first-order valence-electron chi connectivity index (χ1n) is 6.66. The molecule has 1 fully saturated rings. The van der Waals surface area contributed by atoms with Crippen LogP contribution >= 0.6 is 0 Å². The molecule has 2 rings (SSSR count). The van der Waals surface area contributed by atoms with E-state index in [4.69, 9.17) is 5.11 Å². The van der Waals surface area contributed by atoms with Gasteiger partial charge in [-0.25, -0.2) is 4.79 Å². The van der Waals surface area contributed by atoms with Crippen molar-refractivity contribution in [2.24, 2.45) is 5.92 Å². The van der Waals surface area contributed by atoms with Crippen molar-refractivity contribution in [3.05, 3.63) is 28.8 Å². The standard InChI is InChI=1S/C14H16FNO5S/c1-8-9(2)12(4-3-11(8)14(18)19)16-6-10(5-13(16)17)7-22(15,20)21/h3-4,10H,5-7H2,1-2H3,(H,18,19). The predicted octanol–water partition coefficient (Wildman–Crippen LogP) is 1.65. The number of rotatable bonds is 4. The van der Waals surface area contributed by atoms with E-state index in [0.29, 0.717) is 16.8 Å². The Hall–Kier alpha value is -1.96. The molecule has 0 bridgehead atoms. The van der Waals surface area contributed by atoms with E-state index in [9.17, 15) is 21.9 Å². The van der Waals surface area contributed by atoms with Gasteiger partial charge < -0.3 is 10.0 Å². The fourth-order valence-corrected chi connectivity index (χ4v) is 3.52. The van der Waals surface area contributed by atoms with Gasteiger partial charge >= 0.3 is 16.2 Å². The largest absolute Gasteiger partial charge is 0.478 e. The number of benzene rings is 1. The topological polar surface area (TPSA) is 91.8 Å². The molecular weight excluding hydrogens is 313 g/mol. The fourth-order valence-electron chi connectivity index (χ4n) is 2.74. The van der Waals surface area contributed by atoms with Gasteiger partial charge in [0.25, 0.3) is 0 Å². The van der Waals surface area contributed by atoms with Crippen molar-refractivity contribution in [1.82, 2.24) is 0 Å². The van der Waals surface area contributed by atoms with Crippen molar-refractivity contribution in [2.75, 3.05) is 17.2 Å². The fraction of sp³-hybridized carbons (Fsp3) is 0.429. The molecule has 22 heavy (non-hydrogen) atoms. The van der Waals surface area contributed by atoms with E-state index in [1.54, 1.807) is 13.8 Å². The molecule has 0 spiro atoms. The van der Waals surface area contributed by atoms with Gasteiger partial charge in [-0.3, -0.25) is 4.79 Å².